The van der Waals surface area contributed by atoms with Crippen LogP contribution in [-0.2, 0) is 0 Å². The third-order valence-electron chi connectivity index (χ3n) is 3.38. The maximum absolute atomic E-state index is 6.26. The second-order valence-electron chi connectivity index (χ2n) is 4.51. The number of rotatable bonds is 3. The maximum atomic E-state index is 6.26. The molecule has 1 aliphatic heterocycles. The normalized spacial score (nSPS) is 19.2. The highest BCUT2D eigenvalue weighted by molar-refractivity contribution is 6.35. The van der Waals surface area contributed by atoms with Gasteiger partial charge in [-0.2, -0.15) is 0 Å². The van der Waals surface area contributed by atoms with Gasteiger partial charge in [0.15, 0.2) is 0 Å². The predicted molar refractivity (Wildman–Crippen MR) is 73.7 cm³/mol. The lowest BCUT2D eigenvalue weighted by Crippen LogP contribution is -2.37. The van der Waals surface area contributed by atoms with Gasteiger partial charge in [0.25, 0.3) is 0 Å². The molecule has 1 atom stereocenters. The first kappa shape index (κ1) is 13.2. The molecule has 0 amide bonds. The van der Waals surface area contributed by atoms with Crippen LogP contribution >= 0.6 is 23.2 Å². The minimum Gasteiger partial charge on any atom is -0.329 e. The molecule has 0 bridgehead atoms. The van der Waals surface area contributed by atoms with Crippen LogP contribution in [0.4, 0.5) is 0 Å². The van der Waals surface area contributed by atoms with E-state index in [1.54, 1.807) is 6.07 Å². The number of benzene rings is 1. The predicted octanol–water partition coefficient (Wildman–Crippen LogP) is 3.48. The highest BCUT2D eigenvalue weighted by atomic mass is 35.5. The summed E-state index contributed by atoms with van der Waals surface area (Å²) in [5, 5.41) is 1.40. The zero-order chi connectivity index (χ0) is 12.3. The summed E-state index contributed by atoms with van der Waals surface area (Å²) in [4.78, 5) is 2.43. The van der Waals surface area contributed by atoms with Crippen LogP contribution in [0.25, 0.3) is 0 Å². The van der Waals surface area contributed by atoms with E-state index >= 15 is 0 Å². The molecule has 0 aliphatic carbocycles. The van der Waals surface area contributed by atoms with E-state index in [9.17, 15) is 0 Å². The molecule has 94 valence electrons. The molecule has 0 aromatic heterocycles. The summed E-state index contributed by atoms with van der Waals surface area (Å²) in [6, 6.07) is 5.90. The van der Waals surface area contributed by atoms with Gasteiger partial charge in [-0.15, -0.1) is 0 Å². The average Bonchev–Trinajstić information content (AvgIpc) is 2.34. The van der Waals surface area contributed by atoms with E-state index in [-0.39, 0.29) is 6.04 Å². The standard InChI is InChI=1S/C13H18Cl2N2/c14-10-4-5-11(12(15)8-10)13(9-16)17-6-2-1-3-7-17/h4-5,8,13H,1-3,6-7,9,16H2/t13-/m0/s1. The Morgan fingerprint density at radius 3 is 2.47 bits per heavy atom. The number of hydrogen-bond donors (Lipinski definition) is 1. The molecule has 2 N–H and O–H groups in total. The van der Waals surface area contributed by atoms with Crippen molar-refractivity contribution in [2.24, 2.45) is 5.73 Å². The lowest BCUT2D eigenvalue weighted by Gasteiger charge is -2.34. The number of halogens is 2. The lowest BCUT2D eigenvalue weighted by molar-refractivity contribution is 0.167. The molecule has 4 heteroatoms. The first-order valence-corrected chi connectivity index (χ1v) is 6.87. The zero-order valence-electron chi connectivity index (χ0n) is 9.83. The van der Waals surface area contributed by atoms with E-state index in [1.807, 2.05) is 12.1 Å². The number of piperidine rings is 1. The van der Waals surface area contributed by atoms with Crippen molar-refractivity contribution in [3.8, 4) is 0 Å². The monoisotopic (exact) mass is 272 g/mol. The van der Waals surface area contributed by atoms with Gasteiger partial charge >= 0.3 is 0 Å². The Hall–Kier alpha value is -0.280. The van der Waals surface area contributed by atoms with Crippen LogP contribution in [0.2, 0.25) is 10.0 Å². The molecular formula is C13H18Cl2N2. The van der Waals surface area contributed by atoms with Crippen molar-refractivity contribution in [1.82, 2.24) is 4.90 Å². The topological polar surface area (TPSA) is 29.3 Å². The summed E-state index contributed by atoms with van der Waals surface area (Å²) in [6.45, 7) is 2.82. The molecule has 0 unspecified atom stereocenters. The summed E-state index contributed by atoms with van der Waals surface area (Å²) >= 11 is 12.2. The second kappa shape index (κ2) is 6.05. The molecule has 1 fully saturated rings. The van der Waals surface area contributed by atoms with E-state index in [1.165, 1.54) is 19.3 Å². The van der Waals surface area contributed by atoms with Crippen molar-refractivity contribution >= 4 is 23.2 Å². The number of nitrogens with two attached hydrogens (primary N) is 1. The lowest BCUT2D eigenvalue weighted by atomic mass is 10.0. The van der Waals surface area contributed by atoms with Gasteiger partial charge in [0.1, 0.15) is 0 Å². The first-order chi connectivity index (χ1) is 8.22. The van der Waals surface area contributed by atoms with Crippen molar-refractivity contribution in [3.05, 3.63) is 33.8 Å². The van der Waals surface area contributed by atoms with E-state index < -0.39 is 0 Å². The van der Waals surface area contributed by atoms with Crippen molar-refractivity contribution < 1.29 is 0 Å². The van der Waals surface area contributed by atoms with Gasteiger partial charge < -0.3 is 5.73 Å². The van der Waals surface area contributed by atoms with Crippen molar-refractivity contribution in [2.75, 3.05) is 19.6 Å². The fourth-order valence-electron chi connectivity index (χ4n) is 2.47. The largest absolute Gasteiger partial charge is 0.329 e. The van der Waals surface area contributed by atoms with E-state index in [0.29, 0.717) is 11.6 Å². The highest BCUT2D eigenvalue weighted by Crippen LogP contribution is 2.30. The Kier molecular flexibility index (Phi) is 4.69. The molecule has 2 rings (SSSR count). The quantitative estimate of drug-likeness (QED) is 0.913. The number of likely N-dealkylation sites (tertiary alicyclic amines) is 1. The van der Waals surface area contributed by atoms with Crippen molar-refractivity contribution in [3.63, 3.8) is 0 Å². The first-order valence-electron chi connectivity index (χ1n) is 6.11. The van der Waals surface area contributed by atoms with Crippen LogP contribution in [0.3, 0.4) is 0 Å². The van der Waals surface area contributed by atoms with Crippen molar-refractivity contribution in [1.29, 1.82) is 0 Å². The van der Waals surface area contributed by atoms with Crippen LogP contribution < -0.4 is 5.73 Å². The Morgan fingerprint density at radius 2 is 1.88 bits per heavy atom. The minimum absolute atomic E-state index is 0.222. The van der Waals surface area contributed by atoms with Gasteiger partial charge in [-0.25, -0.2) is 0 Å². The summed E-state index contributed by atoms with van der Waals surface area (Å²) in [7, 11) is 0. The zero-order valence-corrected chi connectivity index (χ0v) is 11.3. The second-order valence-corrected chi connectivity index (χ2v) is 5.36. The van der Waals surface area contributed by atoms with Crippen LogP contribution in [0.15, 0.2) is 18.2 Å². The molecule has 0 spiro atoms. The van der Waals surface area contributed by atoms with Gasteiger partial charge in [0.05, 0.1) is 0 Å². The van der Waals surface area contributed by atoms with Crippen LogP contribution in [0, 0.1) is 0 Å². The van der Waals surface area contributed by atoms with Gasteiger partial charge in [-0.1, -0.05) is 35.7 Å². The van der Waals surface area contributed by atoms with Gasteiger partial charge in [-0.05, 0) is 43.6 Å². The van der Waals surface area contributed by atoms with Gasteiger partial charge in [0, 0.05) is 22.6 Å². The van der Waals surface area contributed by atoms with E-state index in [4.69, 9.17) is 28.9 Å². The van der Waals surface area contributed by atoms with Crippen LogP contribution in [-0.4, -0.2) is 24.5 Å². The Labute approximate surface area is 113 Å². The molecule has 0 radical (unpaired) electrons. The summed E-state index contributed by atoms with van der Waals surface area (Å²) < 4.78 is 0. The number of hydrogen-bond acceptors (Lipinski definition) is 2. The van der Waals surface area contributed by atoms with Crippen LogP contribution in [0.5, 0.6) is 0 Å². The van der Waals surface area contributed by atoms with E-state index in [0.717, 1.165) is 23.7 Å². The SMILES string of the molecule is NC[C@@H](c1ccc(Cl)cc1Cl)N1CCCCC1. The maximum Gasteiger partial charge on any atom is 0.0485 e. The molecule has 2 nitrogen and oxygen atoms in total. The molecule has 1 aliphatic rings. The number of nitrogens with zero attached hydrogens (tertiary/aromatic N) is 1. The Morgan fingerprint density at radius 1 is 1.18 bits per heavy atom. The van der Waals surface area contributed by atoms with Crippen molar-refractivity contribution in [2.45, 2.75) is 25.3 Å². The molecule has 1 aromatic carbocycles. The summed E-state index contributed by atoms with van der Waals surface area (Å²) in [6.07, 6.45) is 3.82. The van der Waals surface area contributed by atoms with E-state index in [2.05, 4.69) is 4.90 Å². The molecule has 1 aromatic rings. The molecule has 1 heterocycles. The molecular weight excluding hydrogens is 255 g/mol. The smallest absolute Gasteiger partial charge is 0.0485 e. The molecule has 0 saturated carbocycles. The Balaban J connectivity index is 2.21. The fourth-order valence-corrected chi connectivity index (χ4v) is 3.01. The molecule has 1 saturated heterocycles. The van der Waals surface area contributed by atoms with Gasteiger partial charge in [0.2, 0.25) is 0 Å². The fraction of sp³-hybridized carbons (Fsp3) is 0.538. The van der Waals surface area contributed by atoms with Crippen LogP contribution in [0.1, 0.15) is 30.9 Å². The third-order valence-corrected chi connectivity index (χ3v) is 3.94. The average molecular weight is 273 g/mol. The summed E-state index contributed by atoms with van der Waals surface area (Å²) in [5.41, 5.74) is 7.01. The summed E-state index contributed by atoms with van der Waals surface area (Å²) in [5.74, 6) is 0. The minimum atomic E-state index is 0.222. The third kappa shape index (κ3) is 3.14. The highest BCUT2D eigenvalue weighted by Gasteiger charge is 2.22. The van der Waals surface area contributed by atoms with Gasteiger partial charge in [-0.3, -0.25) is 4.90 Å². The molecule has 17 heavy (non-hydrogen) atoms. The Bertz CT molecular complexity index is 376.